The third-order valence-electron chi connectivity index (χ3n) is 5.97. The number of hydrogen-bond donors (Lipinski definition) is 2. The Kier molecular flexibility index (Phi) is 7.24. The molecule has 7 nitrogen and oxygen atoms in total. The van der Waals surface area contributed by atoms with Crippen molar-refractivity contribution in [3.63, 3.8) is 0 Å². The summed E-state index contributed by atoms with van der Waals surface area (Å²) in [5.74, 6) is 3.37. The predicted octanol–water partition coefficient (Wildman–Crippen LogP) is 5.03. The zero-order chi connectivity index (χ0) is 22.3. The largest absolute Gasteiger partial charge is 0.324 e. The summed E-state index contributed by atoms with van der Waals surface area (Å²) in [6, 6.07) is 7.95. The normalized spacial score (nSPS) is 16.4. The number of carbonyl (C=O) groups is 1. The van der Waals surface area contributed by atoms with E-state index in [-0.39, 0.29) is 0 Å². The summed E-state index contributed by atoms with van der Waals surface area (Å²) < 4.78 is 0. The third kappa shape index (κ3) is 6.22. The quantitative estimate of drug-likeness (QED) is 0.608. The number of hydrogen-bond acceptors (Lipinski definition) is 7. The molecule has 1 fully saturated rings. The standard InChI is InChI=1S/C25H32N6O/c1-3-22-28-24(31-25(29-22)30-23-13-17(2)16-26-23)27-20-11-9-19(10-12-20)15-21(32)14-18-7-5-4-6-8-18/h9-13,18H,3-8,14-16H2,1-2H3,(H2,26,27,28,29,30,31). The zero-order valence-electron chi connectivity index (χ0n) is 19.0. The average Bonchev–Trinajstić information content (AvgIpc) is 3.20. The van der Waals surface area contributed by atoms with Gasteiger partial charge in [-0.25, -0.2) is 0 Å². The first-order valence-electron chi connectivity index (χ1n) is 11.7. The van der Waals surface area contributed by atoms with Gasteiger partial charge in [-0.1, -0.05) is 51.2 Å². The highest BCUT2D eigenvalue weighted by molar-refractivity contribution is 6.04. The van der Waals surface area contributed by atoms with E-state index in [2.05, 4.69) is 30.6 Å². The summed E-state index contributed by atoms with van der Waals surface area (Å²) in [5.41, 5.74) is 3.12. The highest BCUT2D eigenvalue weighted by atomic mass is 16.1. The first-order chi connectivity index (χ1) is 15.6. The molecular formula is C25H32N6O. The van der Waals surface area contributed by atoms with Gasteiger partial charge in [-0.3, -0.25) is 9.79 Å². The van der Waals surface area contributed by atoms with Crippen LogP contribution in [0.5, 0.6) is 0 Å². The number of amidine groups is 1. The van der Waals surface area contributed by atoms with Crippen molar-refractivity contribution < 1.29 is 4.79 Å². The Morgan fingerprint density at radius 1 is 1.00 bits per heavy atom. The van der Waals surface area contributed by atoms with Crippen LogP contribution < -0.4 is 10.6 Å². The van der Waals surface area contributed by atoms with Gasteiger partial charge in [-0.2, -0.15) is 15.0 Å². The molecule has 1 saturated carbocycles. The van der Waals surface area contributed by atoms with Gasteiger partial charge in [0.15, 0.2) is 0 Å². The van der Waals surface area contributed by atoms with Crippen molar-refractivity contribution in [2.24, 2.45) is 10.9 Å². The van der Waals surface area contributed by atoms with E-state index in [1.165, 1.54) is 37.7 Å². The molecule has 1 aliphatic heterocycles. The van der Waals surface area contributed by atoms with E-state index in [9.17, 15) is 4.79 Å². The number of Topliss-reactive ketones (excluding diaryl/α,β-unsaturated/α-hetero) is 1. The van der Waals surface area contributed by atoms with Gasteiger partial charge in [0.05, 0.1) is 6.54 Å². The van der Waals surface area contributed by atoms with Crippen LogP contribution in [0.4, 0.5) is 17.6 Å². The van der Waals surface area contributed by atoms with Crippen molar-refractivity contribution in [2.75, 3.05) is 17.2 Å². The van der Waals surface area contributed by atoms with Crippen LogP contribution in [0.15, 0.2) is 40.9 Å². The van der Waals surface area contributed by atoms with E-state index < -0.39 is 0 Å². The fourth-order valence-electron chi connectivity index (χ4n) is 4.26. The van der Waals surface area contributed by atoms with Crippen LogP contribution in [0, 0.1) is 5.92 Å². The summed E-state index contributed by atoms with van der Waals surface area (Å²) in [6.07, 6.45) is 10.2. The maximum absolute atomic E-state index is 12.5. The molecule has 32 heavy (non-hydrogen) atoms. The predicted molar refractivity (Wildman–Crippen MR) is 129 cm³/mol. The molecule has 2 heterocycles. The molecule has 1 aromatic heterocycles. The zero-order valence-corrected chi connectivity index (χ0v) is 19.0. The van der Waals surface area contributed by atoms with Crippen molar-refractivity contribution in [1.29, 1.82) is 0 Å². The Hall–Kier alpha value is -3.09. The Bertz CT molecular complexity index is 1010. The Morgan fingerprint density at radius 3 is 2.38 bits per heavy atom. The van der Waals surface area contributed by atoms with Crippen LogP contribution in [0.2, 0.25) is 0 Å². The number of nitrogens with one attached hydrogen (secondary N) is 2. The summed E-state index contributed by atoms with van der Waals surface area (Å²) in [6.45, 7) is 4.76. The van der Waals surface area contributed by atoms with Crippen molar-refractivity contribution in [1.82, 2.24) is 15.0 Å². The maximum Gasteiger partial charge on any atom is 0.233 e. The first kappa shape index (κ1) is 22.1. The third-order valence-corrected chi connectivity index (χ3v) is 5.97. The van der Waals surface area contributed by atoms with E-state index in [0.29, 0.717) is 48.8 Å². The van der Waals surface area contributed by atoms with Crippen LogP contribution in [-0.4, -0.2) is 33.1 Å². The minimum atomic E-state index is 0.345. The average molecular weight is 433 g/mol. The lowest BCUT2D eigenvalue weighted by atomic mass is 9.85. The van der Waals surface area contributed by atoms with Gasteiger partial charge in [0, 0.05) is 24.9 Å². The minimum absolute atomic E-state index is 0.345. The Labute approximate surface area is 189 Å². The molecule has 2 aliphatic rings. The van der Waals surface area contributed by atoms with Crippen LogP contribution in [0.25, 0.3) is 0 Å². The number of benzene rings is 1. The lowest BCUT2D eigenvalue weighted by Gasteiger charge is -2.20. The molecule has 0 spiro atoms. The van der Waals surface area contributed by atoms with Gasteiger partial charge in [-0.05, 0) is 42.2 Å². The van der Waals surface area contributed by atoms with Crippen LogP contribution in [0.3, 0.4) is 0 Å². The van der Waals surface area contributed by atoms with Gasteiger partial charge in [-0.15, -0.1) is 0 Å². The smallest absolute Gasteiger partial charge is 0.233 e. The van der Waals surface area contributed by atoms with Crippen molar-refractivity contribution in [3.8, 4) is 0 Å². The number of aryl methyl sites for hydroxylation is 1. The molecule has 0 bridgehead atoms. The fourth-order valence-corrected chi connectivity index (χ4v) is 4.26. The molecule has 2 N–H and O–H groups in total. The van der Waals surface area contributed by atoms with Crippen LogP contribution in [-0.2, 0) is 17.6 Å². The second kappa shape index (κ2) is 10.5. The van der Waals surface area contributed by atoms with Crippen LogP contribution in [0.1, 0.15) is 63.8 Å². The van der Waals surface area contributed by atoms with Gasteiger partial charge in [0.2, 0.25) is 11.9 Å². The number of rotatable bonds is 8. The van der Waals surface area contributed by atoms with E-state index in [1.807, 2.05) is 44.2 Å². The fraction of sp³-hybridized carbons (Fsp3) is 0.480. The van der Waals surface area contributed by atoms with Gasteiger partial charge >= 0.3 is 0 Å². The lowest BCUT2D eigenvalue weighted by molar-refractivity contribution is -0.119. The molecule has 0 atom stereocenters. The summed E-state index contributed by atoms with van der Waals surface area (Å²) in [7, 11) is 0. The molecule has 4 rings (SSSR count). The topological polar surface area (TPSA) is 92.2 Å². The molecule has 2 aromatic rings. The highest BCUT2D eigenvalue weighted by Crippen LogP contribution is 2.27. The molecule has 7 heteroatoms. The monoisotopic (exact) mass is 432 g/mol. The van der Waals surface area contributed by atoms with Crippen molar-refractivity contribution in [2.45, 2.75) is 65.2 Å². The second-order valence-electron chi connectivity index (χ2n) is 8.82. The molecular weight excluding hydrogens is 400 g/mol. The van der Waals surface area contributed by atoms with E-state index in [4.69, 9.17) is 0 Å². The molecule has 0 unspecified atom stereocenters. The summed E-state index contributed by atoms with van der Waals surface area (Å²) >= 11 is 0. The first-order valence-corrected chi connectivity index (χ1v) is 11.7. The number of aromatic nitrogens is 3. The van der Waals surface area contributed by atoms with E-state index >= 15 is 0 Å². The number of carbonyl (C=O) groups excluding carboxylic acids is 1. The van der Waals surface area contributed by atoms with Crippen molar-refractivity contribution >= 4 is 29.2 Å². The number of nitrogens with zero attached hydrogens (tertiary/aromatic N) is 4. The molecule has 168 valence electrons. The Morgan fingerprint density at radius 2 is 1.72 bits per heavy atom. The number of aliphatic imine (C=N–C) groups is 1. The molecule has 1 aliphatic carbocycles. The summed E-state index contributed by atoms with van der Waals surface area (Å²) in [4.78, 5) is 30.3. The Balaban J connectivity index is 1.37. The van der Waals surface area contributed by atoms with Crippen LogP contribution >= 0.6 is 0 Å². The second-order valence-corrected chi connectivity index (χ2v) is 8.82. The van der Waals surface area contributed by atoms with Gasteiger partial charge in [0.1, 0.15) is 17.4 Å². The van der Waals surface area contributed by atoms with Gasteiger partial charge in [0.25, 0.3) is 0 Å². The summed E-state index contributed by atoms with van der Waals surface area (Å²) in [5, 5.41) is 6.43. The molecule has 0 saturated heterocycles. The molecule has 1 aromatic carbocycles. The number of anilines is 3. The molecule has 0 amide bonds. The highest BCUT2D eigenvalue weighted by Gasteiger charge is 2.17. The van der Waals surface area contributed by atoms with E-state index in [1.54, 1.807) is 0 Å². The van der Waals surface area contributed by atoms with Crippen molar-refractivity contribution in [3.05, 3.63) is 47.3 Å². The lowest BCUT2D eigenvalue weighted by Crippen LogP contribution is -2.14. The van der Waals surface area contributed by atoms with E-state index in [0.717, 1.165) is 23.5 Å². The minimum Gasteiger partial charge on any atom is -0.324 e. The number of ketones is 1. The maximum atomic E-state index is 12.5. The molecule has 0 radical (unpaired) electrons. The van der Waals surface area contributed by atoms with Gasteiger partial charge < -0.3 is 10.6 Å². The SMILES string of the molecule is CCc1nc(NC2=NCC(C)=C2)nc(Nc2ccc(CC(=O)CC3CCCCC3)cc2)n1.